The van der Waals surface area contributed by atoms with Gasteiger partial charge in [0.1, 0.15) is 5.75 Å². The molecule has 0 radical (unpaired) electrons. The Kier molecular flexibility index (Phi) is 5.43. The van der Waals surface area contributed by atoms with Gasteiger partial charge in [-0.25, -0.2) is 0 Å². The van der Waals surface area contributed by atoms with E-state index in [1.807, 2.05) is 6.92 Å². The summed E-state index contributed by atoms with van der Waals surface area (Å²) in [6, 6.07) is 6.64. The molecule has 0 bridgehead atoms. The van der Waals surface area contributed by atoms with E-state index in [4.69, 9.17) is 4.74 Å². The first-order valence-corrected chi connectivity index (χ1v) is 7.88. The third kappa shape index (κ3) is 4.04. The number of nitrogens with zero attached hydrogens (tertiary/aromatic N) is 1. The van der Waals surface area contributed by atoms with Gasteiger partial charge in [-0.15, -0.1) is 0 Å². The van der Waals surface area contributed by atoms with E-state index in [1.54, 1.807) is 31.2 Å². The first-order valence-electron chi connectivity index (χ1n) is 7.88. The number of hydrogen-bond acceptors (Lipinski definition) is 4. The molecule has 1 aliphatic heterocycles. The number of rotatable bonds is 6. The number of carbonyl (C=O) groups excluding carboxylic acids is 2. The molecule has 0 saturated carbocycles. The fourth-order valence-corrected chi connectivity index (χ4v) is 2.59. The fourth-order valence-electron chi connectivity index (χ4n) is 2.59. The number of nitrogens with one attached hydrogen (secondary N) is 1. The Bertz CT molecular complexity index is 628. The Morgan fingerprint density at radius 1 is 1.29 bits per heavy atom. The zero-order valence-electron chi connectivity index (χ0n) is 13.9. The van der Waals surface area contributed by atoms with Crippen LogP contribution in [-0.4, -0.2) is 54.0 Å². The van der Waals surface area contributed by atoms with Crippen LogP contribution >= 0.6 is 0 Å². The topological polar surface area (TPSA) is 95.9 Å². The van der Waals surface area contributed by atoms with E-state index >= 15 is 0 Å². The van der Waals surface area contributed by atoms with E-state index < -0.39 is 11.4 Å². The molecule has 1 atom stereocenters. The van der Waals surface area contributed by atoms with Crippen LogP contribution in [0.2, 0.25) is 0 Å². The molecule has 1 unspecified atom stereocenters. The highest BCUT2D eigenvalue weighted by Gasteiger charge is 2.41. The van der Waals surface area contributed by atoms with E-state index in [-0.39, 0.29) is 24.9 Å². The molecular weight excluding hydrogens is 312 g/mol. The van der Waals surface area contributed by atoms with Gasteiger partial charge in [-0.2, -0.15) is 0 Å². The molecule has 1 saturated heterocycles. The van der Waals surface area contributed by atoms with E-state index in [0.29, 0.717) is 30.9 Å². The van der Waals surface area contributed by atoms with Crippen LogP contribution < -0.4 is 10.1 Å². The molecule has 1 aromatic rings. The molecule has 0 aliphatic carbocycles. The lowest BCUT2D eigenvalue weighted by atomic mass is 9.90. The summed E-state index contributed by atoms with van der Waals surface area (Å²) < 4.78 is 5.30. The summed E-state index contributed by atoms with van der Waals surface area (Å²) >= 11 is 0. The second-order valence-electron chi connectivity index (χ2n) is 6.07. The summed E-state index contributed by atoms with van der Waals surface area (Å²) in [4.78, 5) is 36.9. The van der Waals surface area contributed by atoms with Crippen LogP contribution in [0.15, 0.2) is 24.3 Å². The molecule has 0 aromatic heterocycles. The van der Waals surface area contributed by atoms with Crippen molar-refractivity contribution >= 4 is 17.8 Å². The van der Waals surface area contributed by atoms with Gasteiger partial charge in [0.2, 0.25) is 5.91 Å². The van der Waals surface area contributed by atoms with Crippen LogP contribution in [0, 0.1) is 5.41 Å². The minimum Gasteiger partial charge on any atom is -0.494 e. The number of ether oxygens (including phenoxy) is 1. The second kappa shape index (κ2) is 7.33. The quantitative estimate of drug-likeness (QED) is 0.813. The summed E-state index contributed by atoms with van der Waals surface area (Å²) in [6.45, 7) is 4.45. The van der Waals surface area contributed by atoms with Crippen molar-refractivity contribution in [1.29, 1.82) is 0 Å². The first-order chi connectivity index (χ1) is 11.4. The monoisotopic (exact) mass is 334 g/mol. The van der Waals surface area contributed by atoms with E-state index in [1.165, 1.54) is 4.90 Å². The normalized spacial score (nSPS) is 19.8. The van der Waals surface area contributed by atoms with Crippen molar-refractivity contribution in [3.05, 3.63) is 29.8 Å². The zero-order chi connectivity index (χ0) is 17.7. The molecule has 2 N–H and O–H groups in total. The molecule has 1 aromatic carbocycles. The van der Waals surface area contributed by atoms with Crippen molar-refractivity contribution in [2.24, 2.45) is 5.41 Å². The Morgan fingerprint density at radius 2 is 1.96 bits per heavy atom. The number of carboxylic acid groups (broad SMARTS) is 1. The molecule has 0 spiro atoms. The fraction of sp³-hybridized carbons (Fsp3) is 0.471. The van der Waals surface area contributed by atoms with E-state index in [0.717, 1.165) is 0 Å². The Balaban J connectivity index is 1.85. The van der Waals surface area contributed by atoms with Gasteiger partial charge in [-0.3, -0.25) is 14.4 Å². The lowest BCUT2D eigenvalue weighted by molar-refractivity contribution is -0.147. The summed E-state index contributed by atoms with van der Waals surface area (Å²) in [5.41, 5.74) is -0.475. The van der Waals surface area contributed by atoms with Gasteiger partial charge in [0.05, 0.1) is 18.6 Å². The number of carbonyl (C=O) groups is 3. The minimum absolute atomic E-state index is 0.151. The first kappa shape index (κ1) is 17.8. The van der Waals surface area contributed by atoms with Crippen molar-refractivity contribution < 1.29 is 24.2 Å². The van der Waals surface area contributed by atoms with Crippen LogP contribution in [-0.2, 0) is 9.59 Å². The number of amides is 2. The predicted octanol–water partition coefficient (Wildman–Crippen LogP) is 1.14. The summed E-state index contributed by atoms with van der Waals surface area (Å²) in [7, 11) is 0. The average Bonchev–Trinajstić information content (AvgIpc) is 2.97. The number of benzene rings is 1. The minimum atomic E-state index is -0.908. The van der Waals surface area contributed by atoms with Gasteiger partial charge in [0, 0.05) is 18.7 Å². The maximum atomic E-state index is 12.1. The smallest absolute Gasteiger partial charge is 0.311 e. The van der Waals surface area contributed by atoms with Crippen molar-refractivity contribution in [3.63, 3.8) is 0 Å². The van der Waals surface area contributed by atoms with Crippen LogP contribution in [0.4, 0.5) is 0 Å². The lowest BCUT2D eigenvalue weighted by Gasteiger charge is -2.20. The molecule has 7 heteroatoms. The molecule has 2 amide bonds. The molecule has 1 aliphatic rings. The highest BCUT2D eigenvalue weighted by atomic mass is 16.5. The summed E-state index contributed by atoms with van der Waals surface area (Å²) in [5, 5.41) is 11.7. The van der Waals surface area contributed by atoms with Crippen LogP contribution in [0.5, 0.6) is 5.75 Å². The van der Waals surface area contributed by atoms with Crippen LogP contribution in [0.25, 0.3) is 0 Å². The molecule has 2 rings (SSSR count). The highest BCUT2D eigenvalue weighted by Crippen LogP contribution is 2.29. The maximum Gasteiger partial charge on any atom is 0.311 e. The summed E-state index contributed by atoms with van der Waals surface area (Å²) in [5.74, 6) is -0.864. The molecule has 1 heterocycles. The van der Waals surface area contributed by atoms with Gasteiger partial charge < -0.3 is 20.1 Å². The number of carboxylic acids is 1. The predicted molar refractivity (Wildman–Crippen MR) is 86.9 cm³/mol. The van der Waals surface area contributed by atoms with Gasteiger partial charge in [0.15, 0.2) is 0 Å². The number of aliphatic carboxylic acids is 1. The number of hydrogen-bond donors (Lipinski definition) is 2. The Labute approximate surface area is 140 Å². The van der Waals surface area contributed by atoms with Crippen molar-refractivity contribution in [2.45, 2.75) is 20.3 Å². The maximum absolute atomic E-state index is 12.1. The zero-order valence-corrected chi connectivity index (χ0v) is 13.9. The van der Waals surface area contributed by atoms with Gasteiger partial charge in [-0.05, 0) is 44.5 Å². The van der Waals surface area contributed by atoms with Gasteiger partial charge >= 0.3 is 5.97 Å². The molecular formula is C17H22N2O5. The highest BCUT2D eigenvalue weighted by molar-refractivity contribution is 5.96. The van der Waals surface area contributed by atoms with Gasteiger partial charge in [-0.1, -0.05) is 0 Å². The van der Waals surface area contributed by atoms with Crippen LogP contribution in [0.3, 0.4) is 0 Å². The average molecular weight is 334 g/mol. The SMILES string of the molecule is CCOc1ccc(C(=O)NCC(=O)N2CCC(C)(C(=O)O)C2)cc1. The molecule has 1 fully saturated rings. The standard InChI is InChI=1S/C17H22N2O5/c1-3-24-13-6-4-12(5-7-13)15(21)18-10-14(20)19-9-8-17(2,11-19)16(22)23/h4-7H,3,8-11H2,1-2H3,(H,18,21)(H,22,23). The van der Waals surface area contributed by atoms with Gasteiger partial charge in [0.25, 0.3) is 5.91 Å². The van der Waals surface area contributed by atoms with Crippen molar-refractivity contribution in [1.82, 2.24) is 10.2 Å². The third-order valence-electron chi connectivity index (χ3n) is 4.17. The second-order valence-corrected chi connectivity index (χ2v) is 6.07. The summed E-state index contributed by atoms with van der Waals surface area (Å²) in [6.07, 6.45) is 0.418. The molecule has 130 valence electrons. The van der Waals surface area contributed by atoms with Crippen LogP contribution in [0.1, 0.15) is 30.6 Å². The number of likely N-dealkylation sites (tertiary alicyclic amines) is 1. The Hall–Kier alpha value is -2.57. The third-order valence-corrected chi connectivity index (χ3v) is 4.17. The Morgan fingerprint density at radius 3 is 2.50 bits per heavy atom. The van der Waals surface area contributed by atoms with Crippen molar-refractivity contribution in [3.8, 4) is 5.75 Å². The lowest BCUT2D eigenvalue weighted by Crippen LogP contribution is -2.41. The van der Waals surface area contributed by atoms with E-state index in [9.17, 15) is 19.5 Å². The van der Waals surface area contributed by atoms with E-state index in [2.05, 4.69) is 5.32 Å². The largest absolute Gasteiger partial charge is 0.494 e. The molecule has 7 nitrogen and oxygen atoms in total. The molecule has 24 heavy (non-hydrogen) atoms. The van der Waals surface area contributed by atoms with Crippen molar-refractivity contribution in [2.75, 3.05) is 26.2 Å².